The summed E-state index contributed by atoms with van der Waals surface area (Å²) in [5.74, 6) is -6.43. The SMILES string of the molecule is CC(=O)O[C@]1(C(=O)CCl)[C@@H](C)C[C@H]2[C@@H]3C[C@H](F)C4=C(F)C(=O)C=C[C@]4(C)[C@@]3(F)[C@@H](O)C[C@@]21C. The molecule has 0 spiro atoms. The number of aliphatic hydroxyl groups excluding tert-OH is 1. The number of halogens is 4. The zero-order valence-corrected chi connectivity index (χ0v) is 19.7. The number of aliphatic hydroxyl groups is 1. The second-order valence-corrected chi connectivity index (χ2v) is 10.7. The third-order valence-electron chi connectivity index (χ3n) is 9.09. The predicted octanol–water partition coefficient (Wildman–Crippen LogP) is 3.96. The Kier molecular flexibility index (Phi) is 5.49. The van der Waals surface area contributed by atoms with Crippen LogP contribution < -0.4 is 0 Å². The lowest BCUT2D eigenvalue weighted by molar-refractivity contribution is -0.230. The molecule has 5 nitrogen and oxygen atoms in total. The highest BCUT2D eigenvalue weighted by Gasteiger charge is 2.78. The monoisotopic (exact) mass is 488 g/mol. The maximum absolute atomic E-state index is 17.1. The third-order valence-corrected chi connectivity index (χ3v) is 9.33. The molecular formula is C24H28ClF3O5. The molecule has 9 heteroatoms. The standard InChI is InChI=1S/C24H28ClF3O5/c1-11-7-13-14-8-15(26)19-20(27)16(30)5-6-21(19,3)23(14,28)17(31)9-22(13,4)24(11,18(32)10-25)33-12(2)29/h5-6,11,13-15,17,31H,7-10H2,1-4H3/t11-,13-,14-,15-,17-,21-,22-,23-,24-/m0/s1. The number of carbonyl (C=O) groups is 3. The smallest absolute Gasteiger partial charge is 0.303 e. The highest BCUT2D eigenvalue weighted by atomic mass is 35.5. The molecule has 9 atom stereocenters. The molecule has 0 amide bonds. The number of ether oxygens (including phenoxy) is 1. The molecule has 0 heterocycles. The van der Waals surface area contributed by atoms with E-state index in [1.54, 1.807) is 13.8 Å². The minimum absolute atomic E-state index is 0.225. The molecule has 0 aromatic heterocycles. The van der Waals surface area contributed by atoms with Gasteiger partial charge in [-0.25, -0.2) is 13.2 Å². The molecular weight excluding hydrogens is 461 g/mol. The van der Waals surface area contributed by atoms with Gasteiger partial charge in [0.15, 0.2) is 22.9 Å². The summed E-state index contributed by atoms with van der Waals surface area (Å²) in [6.07, 6.45) is -2.19. The molecule has 0 radical (unpaired) electrons. The van der Waals surface area contributed by atoms with E-state index in [9.17, 15) is 23.9 Å². The molecule has 3 saturated carbocycles. The number of allylic oxidation sites excluding steroid dienone is 4. The fourth-order valence-corrected chi connectivity index (χ4v) is 8.01. The van der Waals surface area contributed by atoms with Crippen molar-refractivity contribution in [3.05, 3.63) is 23.6 Å². The van der Waals surface area contributed by atoms with Crippen LogP contribution in [-0.4, -0.2) is 52.1 Å². The number of hydrogen-bond donors (Lipinski definition) is 1. The fourth-order valence-electron chi connectivity index (χ4n) is 7.81. The van der Waals surface area contributed by atoms with Crippen molar-refractivity contribution in [1.82, 2.24) is 0 Å². The van der Waals surface area contributed by atoms with Gasteiger partial charge < -0.3 is 9.84 Å². The molecule has 4 aliphatic rings. The van der Waals surface area contributed by atoms with E-state index in [1.165, 1.54) is 6.92 Å². The Morgan fingerprint density at radius 2 is 1.91 bits per heavy atom. The maximum Gasteiger partial charge on any atom is 0.303 e. The van der Waals surface area contributed by atoms with Crippen LogP contribution in [0, 0.1) is 28.6 Å². The van der Waals surface area contributed by atoms with Crippen LogP contribution in [0.3, 0.4) is 0 Å². The van der Waals surface area contributed by atoms with Gasteiger partial charge in [-0.15, -0.1) is 11.6 Å². The molecule has 1 N–H and O–H groups in total. The van der Waals surface area contributed by atoms with Crippen molar-refractivity contribution >= 4 is 29.1 Å². The Bertz CT molecular complexity index is 997. The lowest BCUT2D eigenvalue weighted by atomic mass is 9.44. The summed E-state index contributed by atoms with van der Waals surface area (Å²) >= 11 is 5.90. The minimum atomic E-state index is -2.50. The molecule has 3 fully saturated rings. The van der Waals surface area contributed by atoms with E-state index in [-0.39, 0.29) is 12.8 Å². The molecule has 33 heavy (non-hydrogen) atoms. The summed E-state index contributed by atoms with van der Waals surface area (Å²) in [4.78, 5) is 37.1. The summed E-state index contributed by atoms with van der Waals surface area (Å²) in [5, 5.41) is 11.3. The van der Waals surface area contributed by atoms with Crippen molar-refractivity contribution < 1.29 is 37.4 Å². The third kappa shape index (κ3) is 2.74. The average Bonchev–Trinajstić information content (AvgIpc) is 2.94. The van der Waals surface area contributed by atoms with E-state index in [4.69, 9.17) is 16.3 Å². The van der Waals surface area contributed by atoms with Crippen molar-refractivity contribution in [3.63, 3.8) is 0 Å². The average molecular weight is 489 g/mol. The predicted molar refractivity (Wildman–Crippen MR) is 113 cm³/mol. The van der Waals surface area contributed by atoms with Gasteiger partial charge in [-0.1, -0.05) is 19.9 Å². The van der Waals surface area contributed by atoms with E-state index in [0.29, 0.717) is 0 Å². The van der Waals surface area contributed by atoms with Crippen LogP contribution in [-0.2, 0) is 19.1 Å². The summed E-state index contributed by atoms with van der Waals surface area (Å²) in [7, 11) is 0. The summed E-state index contributed by atoms with van der Waals surface area (Å²) < 4.78 is 53.0. The van der Waals surface area contributed by atoms with Crippen molar-refractivity contribution in [3.8, 4) is 0 Å². The van der Waals surface area contributed by atoms with Crippen LogP contribution in [0.15, 0.2) is 23.6 Å². The molecule has 182 valence electrons. The first-order valence-corrected chi connectivity index (χ1v) is 11.7. The lowest BCUT2D eigenvalue weighted by Gasteiger charge is -2.63. The summed E-state index contributed by atoms with van der Waals surface area (Å²) in [6, 6.07) is 0. The van der Waals surface area contributed by atoms with Crippen LogP contribution in [0.5, 0.6) is 0 Å². The second kappa shape index (κ2) is 7.41. The van der Waals surface area contributed by atoms with Gasteiger partial charge >= 0.3 is 5.97 Å². The highest BCUT2D eigenvalue weighted by Crippen LogP contribution is 2.72. The Hall–Kier alpha value is -1.67. The van der Waals surface area contributed by atoms with E-state index in [1.807, 2.05) is 0 Å². The maximum atomic E-state index is 17.1. The number of hydrogen-bond acceptors (Lipinski definition) is 5. The molecule has 0 aromatic rings. The normalized spacial score (nSPS) is 48.8. The molecule has 0 bridgehead atoms. The van der Waals surface area contributed by atoms with E-state index in [2.05, 4.69) is 0 Å². The van der Waals surface area contributed by atoms with Gasteiger partial charge in [0.1, 0.15) is 6.17 Å². The quantitative estimate of drug-likeness (QED) is 0.480. The van der Waals surface area contributed by atoms with Crippen LogP contribution >= 0.6 is 11.6 Å². The van der Waals surface area contributed by atoms with E-state index < -0.39 is 93.4 Å². The van der Waals surface area contributed by atoms with Crippen LogP contribution in [0.4, 0.5) is 13.2 Å². The largest absolute Gasteiger partial charge is 0.450 e. The van der Waals surface area contributed by atoms with E-state index in [0.717, 1.165) is 19.1 Å². The van der Waals surface area contributed by atoms with Gasteiger partial charge in [-0.3, -0.25) is 14.4 Å². The highest BCUT2D eigenvalue weighted by molar-refractivity contribution is 6.29. The number of fused-ring (bicyclic) bond motifs is 5. The van der Waals surface area contributed by atoms with Crippen molar-refractivity contribution in [2.24, 2.45) is 28.6 Å². The molecule has 0 saturated heterocycles. The number of esters is 1. The summed E-state index contributed by atoms with van der Waals surface area (Å²) in [6.45, 7) is 5.81. The van der Waals surface area contributed by atoms with Gasteiger partial charge in [0, 0.05) is 35.2 Å². The number of ketones is 2. The van der Waals surface area contributed by atoms with E-state index >= 15 is 8.78 Å². The fraction of sp³-hybridized carbons (Fsp3) is 0.708. The van der Waals surface area contributed by atoms with Gasteiger partial charge in [0.2, 0.25) is 5.78 Å². The van der Waals surface area contributed by atoms with Gasteiger partial charge in [-0.05, 0) is 38.2 Å². The van der Waals surface area contributed by atoms with Gasteiger partial charge in [0.25, 0.3) is 0 Å². The number of carbonyl (C=O) groups excluding carboxylic acids is 3. The zero-order valence-electron chi connectivity index (χ0n) is 19.0. The first-order chi connectivity index (χ1) is 15.2. The topological polar surface area (TPSA) is 80.7 Å². The zero-order chi connectivity index (χ0) is 24.7. The van der Waals surface area contributed by atoms with Crippen LogP contribution in [0.2, 0.25) is 0 Å². The Morgan fingerprint density at radius 1 is 1.27 bits per heavy atom. The number of rotatable bonds is 3. The molecule has 0 aliphatic heterocycles. The molecule has 0 unspecified atom stereocenters. The van der Waals surface area contributed by atoms with Crippen molar-refractivity contribution in [2.45, 2.75) is 70.5 Å². The first kappa shape index (κ1) is 24.5. The van der Waals surface area contributed by atoms with Crippen molar-refractivity contribution in [2.75, 3.05) is 5.88 Å². The molecule has 4 aliphatic carbocycles. The Labute approximate surface area is 195 Å². The minimum Gasteiger partial charge on any atom is -0.450 e. The van der Waals surface area contributed by atoms with Crippen LogP contribution in [0.1, 0.15) is 47.0 Å². The first-order valence-electron chi connectivity index (χ1n) is 11.2. The van der Waals surface area contributed by atoms with Gasteiger partial charge in [0.05, 0.1) is 12.0 Å². The Morgan fingerprint density at radius 3 is 2.48 bits per heavy atom. The van der Waals surface area contributed by atoms with Gasteiger partial charge in [-0.2, -0.15) is 0 Å². The van der Waals surface area contributed by atoms with Crippen LogP contribution in [0.25, 0.3) is 0 Å². The molecule has 4 rings (SSSR count). The Balaban J connectivity index is 1.91. The molecule has 0 aromatic carbocycles. The second-order valence-electron chi connectivity index (χ2n) is 10.5. The number of Topliss-reactive ketones (excluding diaryl/α,β-unsaturated/α-hetero) is 1. The number of alkyl halides is 3. The lowest BCUT2D eigenvalue weighted by Crippen LogP contribution is -2.71. The van der Waals surface area contributed by atoms with Crippen molar-refractivity contribution in [1.29, 1.82) is 0 Å². The summed E-state index contributed by atoms with van der Waals surface area (Å²) in [5.41, 5.74) is -7.90.